The number of hydrogen-bond acceptors (Lipinski definition) is 2. The second-order valence-electron chi connectivity index (χ2n) is 4.34. The number of nitrogens with zero attached hydrogens (tertiary/aromatic N) is 2. The first-order chi connectivity index (χ1) is 7.83. The van der Waals surface area contributed by atoms with Crippen LogP contribution in [0.1, 0.15) is 18.5 Å². The Kier molecular flexibility index (Phi) is 2.17. The fourth-order valence-corrected chi connectivity index (χ4v) is 1.81. The lowest BCUT2D eigenvalue weighted by atomic mass is 10.3. The predicted octanol–water partition coefficient (Wildman–Crippen LogP) is 2.76. The van der Waals surface area contributed by atoms with E-state index in [2.05, 4.69) is 28.6 Å². The lowest BCUT2D eigenvalue weighted by Crippen LogP contribution is -2.07. The topological polar surface area (TPSA) is 29.9 Å². The Bertz CT molecular complexity index is 483. The molecule has 0 saturated heterocycles. The highest BCUT2D eigenvalue weighted by Gasteiger charge is 2.22. The van der Waals surface area contributed by atoms with Gasteiger partial charge in [0.05, 0.1) is 11.4 Å². The van der Waals surface area contributed by atoms with Gasteiger partial charge in [-0.15, -0.1) is 0 Å². The SMILES string of the molecule is Cc1cc(NC2CC2)n(-c2ccccc2)n1. The fraction of sp³-hybridized carbons (Fsp3) is 0.308. The average molecular weight is 213 g/mol. The van der Waals surface area contributed by atoms with Crippen LogP contribution in [0.2, 0.25) is 0 Å². The number of hydrogen-bond donors (Lipinski definition) is 1. The van der Waals surface area contributed by atoms with Crippen LogP contribution >= 0.6 is 0 Å². The molecule has 3 nitrogen and oxygen atoms in total. The Morgan fingerprint density at radius 1 is 1.25 bits per heavy atom. The predicted molar refractivity (Wildman–Crippen MR) is 64.9 cm³/mol. The second-order valence-corrected chi connectivity index (χ2v) is 4.34. The van der Waals surface area contributed by atoms with Crippen molar-refractivity contribution >= 4 is 5.82 Å². The number of benzene rings is 1. The van der Waals surface area contributed by atoms with E-state index in [9.17, 15) is 0 Å². The van der Waals surface area contributed by atoms with Gasteiger partial charge in [-0.05, 0) is 31.9 Å². The summed E-state index contributed by atoms with van der Waals surface area (Å²) < 4.78 is 1.98. The minimum Gasteiger partial charge on any atom is -0.367 e. The van der Waals surface area contributed by atoms with Gasteiger partial charge in [0.1, 0.15) is 5.82 Å². The van der Waals surface area contributed by atoms with Crippen LogP contribution in [-0.4, -0.2) is 15.8 Å². The zero-order valence-electron chi connectivity index (χ0n) is 9.35. The largest absolute Gasteiger partial charge is 0.367 e. The third-order valence-electron chi connectivity index (χ3n) is 2.76. The molecule has 3 heteroatoms. The van der Waals surface area contributed by atoms with E-state index in [0.717, 1.165) is 17.2 Å². The standard InChI is InChI=1S/C13H15N3/c1-10-9-13(14-11-7-8-11)16(15-10)12-5-3-2-4-6-12/h2-6,9,11,14H,7-8H2,1H3. The summed E-state index contributed by atoms with van der Waals surface area (Å²) in [6.07, 6.45) is 2.55. The summed E-state index contributed by atoms with van der Waals surface area (Å²) in [5.74, 6) is 1.10. The second kappa shape index (κ2) is 3.67. The third-order valence-corrected chi connectivity index (χ3v) is 2.76. The van der Waals surface area contributed by atoms with Crippen molar-refractivity contribution in [2.75, 3.05) is 5.32 Å². The van der Waals surface area contributed by atoms with Crippen molar-refractivity contribution in [1.82, 2.24) is 9.78 Å². The van der Waals surface area contributed by atoms with Crippen molar-refractivity contribution in [2.45, 2.75) is 25.8 Å². The highest BCUT2D eigenvalue weighted by atomic mass is 15.3. The zero-order chi connectivity index (χ0) is 11.0. The van der Waals surface area contributed by atoms with E-state index in [1.807, 2.05) is 29.8 Å². The summed E-state index contributed by atoms with van der Waals surface area (Å²) in [7, 11) is 0. The molecule has 1 aromatic carbocycles. The van der Waals surface area contributed by atoms with Crippen LogP contribution in [-0.2, 0) is 0 Å². The summed E-state index contributed by atoms with van der Waals surface area (Å²) >= 11 is 0. The third kappa shape index (κ3) is 1.81. The summed E-state index contributed by atoms with van der Waals surface area (Å²) in [6, 6.07) is 13.0. The molecule has 1 aromatic heterocycles. The van der Waals surface area contributed by atoms with Crippen molar-refractivity contribution in [1.29, 1.82) is 0 Å². The van der Waals surface area contributed by atoms with Crippen LogP contribution in [0.25, 0.3) is 5.69 Å². The van der Waals surface area contributed by atoms with Crippen LogP contribution in [0, 0.1) is 6.92 Å². The lowest BCUT2D eigenvalue weighted by Gasteiger charge is -2.08. The van der Waals surface area contributed by atoms with Crippen LogP contribution in [0.4, 0.5) is 5.82 Å². The van der Waals surface area contributed by atoms with Crippen molar-refractivity contribution in [3.8, 4) is 5.69 Å². The first kappa shape index (κ1) is 9.46. The minimum atomic E-state index is 0.651. The smallest absolute Gasteiger partial charge is 0.130 e. The minimum absolute atomic E-state index is 0.651. The molecule has 0 amide bonds. The van der Waals surface area contributed by atoms with E-state index in [-0.39, 0.29) is 0 Å². The molecule has 2 aromatic rings. The molecule has 16 heavy (non-hydrogen) atoms. The number of para-hydroxylation sites is 1. The van der Waals surface area contributed by atoms with E-state index >= 15 is 0 Å². The van der Waals surface area contributed by atoms with Gasteiger partial charge in [0.15, 0.2) is 0 Å². The van der Waals surface area contributed by atoms with Crippen molar-refractivity contribution < 1.29 is 0 Å². The van der Waals surface area contributed by atoms with Gasteiger partial charge in [-0.2, -0.15) is 5.10 Å². The van der Waals surface area contributed by atoms with E-state index in [1.54, 1.807) is 0 Å². The van der Waals surface area contributed by atoms with E-state index in [4.69, 9.17) is 0 Å². The Hall–Kier alpha value is -1.77. The van der Waals surface area contributed by atoms with Gasteiger partial charge in [-0.1, -0.05) is 18.2 Å². The summed E-state index contributed by atoms with van der Waals surface area (Å²) in [5, 5.41) is 8.02. The number of rotatable bonds is 3. The maximum atomic E-state index is 4.52. The molecule has 1 aliphatic carbocycles. The molecule has 1 aliphatic rings. The first-order valence-corrected chi connectivity index (χ1v) is 5.71. The van der Waals surface area contributed by atoms with Crippen molar-refractivity contribution in [3.05, 3.63) is 42.1 Å². The quantitative estimate of drug-likeness (QED) is 0.849. The zero-order valence-corrected chi connectivity index (χ0v) is 9.35. The number of aryl methyl sites for hydroxylation is 1. The maximum absolute atomic E-state index is 4.52. The average Bonchev–Trinajstić information content (AvgIpc) is 3.03. The van der Waals surface area contributed by atoms with Gasteiger partial charge < -0.3 is 5.32 Å². The van der Waals surface area contributed by atoms with Crippen LogP contribution in [0.15, 0.2) is 36.4 Å². The lowest BCUT2D eigenvalue weighted by molar-refractivity contribution is 0.858. The molecule has 1 N–H and O–H groups in total. The van der Waals surface area contributed by atoms with Crippen LogP contribution < -0.4 is 5.32 Å². The van der Waals surface area contributed by atoms with Crippen LogP contribution in [0.5, 0.6) is 0 Å². The Balaban J connectivity index is 1.98. The molecule has 0 unspecified atom stereocenters. The van der Waals surface area contributed by atoms with E-state index in [1.165, 1.54) is 12.8 Å². The molecule has 1 fully saturated rings. The molecule has 0 radical (unpaired) electrons. The first-order valence-electron chi connectivity index (χ1n) is 5.71. The van der Waals surface area contributed by atoms with Gasteiger partial charge in [-0.25, -0.2) is 4.68 Å². The Labute approximate surface area is 95.1 Å². The molecule has 0 bridgehead atoms. The van der Waals surface area contributed by atoms with Crippen LogP contribution in [0.3, 0.4) is 0 Å². The molecule has 0 atom stereocenters. The van der Waals surface area contributed by atoms with Gasteiger partial charge in [-0.3, -0.25) is 0 Å². The van der Waals surface area contributed by atoms with Gasteiger partial charge >= 0.3 is 0 Å². The Morgan fingerprint density at radius 2 is 2.00 bits per heavy atom. The highest BCUT2D eigenvalue weighted by molar-refractivity contribution is 5.47. The fourth-order valence-electron chi connectivity index (χ4n) is 1.81. The Morgan fingerprint density at radius 3 is 2.69 bits per heavy atom. The van der Waals surface area contributed by atoms with Gasteiger partial charge in [0.25, 0.3) is 0 Å². The molecule has 0 aliphatic heterocycles. The molecular formula is C13H15N3. The number of anilines is 1. The molecule has 1 saturated carbocycles. The molecular weight excluding hydrogens is 198 g/mol. The van der Waals surface area contributed by atoms with Crippen molar-refractivity contribution in [3.63, 3.8) is 0 Å². The van der Waals surface area contributed by atoms with Crippen molar-refractivity contribution in [2.24, 2.45) is 0 Å². The van der Waals surface area contributed by atoms with E-state index < -0.39 is 0 Å². The monoisotopic (exact) mass is 213 g/mol. The number of nitrogens with one attached hydrogen (secondary N) is 1. The normalized spacial score (nSPS) is 15.1. The summed E-state index contributed by atoms with van der Waals surface area (Å²) in [4.78, 5) is 0. The molecule has 1 heterocycles. The molecule has 82 valence electrons. The molecule has 0 spiro atoms. The highest BCUT2D eigenvalue weighted by Crippen LogP contribution is 2.26. The maximum Gasteiger partial charge on any atom is 0.130 e. The number of aromatic nitrogens is 2. The van der Waals surface area contributed by atoms with Gasteiger partial charge in [0, 0.05) is 12.1 Å². The molecule has 3 rings (SSSR count). The van der Waals surface area contributed by atoms with Gasteiger partial charge in [0.2, 0.25) is 0 Å². The summed E-state index contributed by atoms with van der Waals surface area (Å²) in [5.41, 5.74) is 2.16. The van der Waals surface area contributed by atoms with E-state index in [0.29, 0.717) is 6.04 Å². The summed E-state index contributed by atoms with van der Waals surface area (Å²) in [6.45, 7) is 2.03.